The van der Waals surface area contributed by atoms with Crippen molar-refractivity contribution in [1.82, 2.24) is 13.9 Å². The summed E-state index contributed by atoms with van der Waals surface area (Å²) in [6, 6.07) is 9.10. The Labute approximate surface area is 131 Å². The van der Waals surface area contributed by atoms with Crippen molar-refractivity contribution in [3.8, 4) is 23.0 Å². The molecule has 1 atom stereocenters. The van der Waals surface area contributed by atoms with E-state index < -0.39 is 11.4 Å². The van der Waals surface area contributed by atoms with Crippen molar-refractivity contribution in [3.63, 3.8) is 0 Å². The monoisotopic (exact) mass is 317 g/mol. The first-order chi connectivity index (χ1) is 10.7. The lowest BCUT2D eigenvalue weighted by Crippen LogP contribution is -2.11. The van der Waals surface area contributed by atoms with E-state index in [2.05, 4.69) is 9.97 Å². The molecular weight excluding hydrogens is 302 g/mol. The number of hydrogen-bond acceptors (Lipinski definition) is 5. The van der Waals surface area contributed by atoms with Gasteiger partial charge in [0.1, 0.15) is 23.0 Å². The standard InChI is InChI=1S/C15H15N3O3S/c1-20-12-8-7-11-13(14(12)21-2)17-15(18(11)22(3)19)10-6-4-5-9-16-10/h4-9H,1-3H3. The Bertz CT molecular complexity index is 803. The zero-order chi connectivity index (χ0) is 15.7. The lowest BCUT2D eigenvalue weighted by Gasteiger charge is -2.10. The summed E-state index contributed by atoms with van der Waals surface area (Å²) in [5.41, 5.74) is 1.95. The molecule has 3 aromatic rings. The van der Waals surface area contributed by atoms with E-state index in [4.69, 9.17) is 9.47 Å². The van der Waals surface area contributed by atoms with E-state index in [1.807, 2.05) is 24.3 Å². The molecule has 0 saturated heterocycles. The van der Waals surface area contributed by atoms with Gasteiger partial charge in [-0.05, 0) is 24.3 Å². The summed E-state index contributed by atoms with van der Waals surface area (Å²) in [6.45, 7) is 0. The molecule has 2 aromatic heterocycles. The van der Waals surface area contributed by atoms with Crippen molar-refractivity contribution in [2.45, 2.75) is 0 Å². The highest BCUT2D eigenvalue weighted by atomic mass is 32.2. The van der Waals surface area contributed by atoms with Crippen LogP contribution in [0.5, 0.6) is 11.5 Å². The summed E-state index contributed by atoms with van der Waals surface area (Å²) < 4.78 is 24.5. The van der Waals surface area contributed by atoms with Crippen LogP contribution in [0.25, 0.3) is 22.6 Å². The number of aromatic nitrogens is 3. The maximum atomic E-state index is 12.2. The second-order valence-corrected chi connectivity index (χ2v) is 5.75. The molecule has 0 aliphatic rings. The average molecular weight is 317 g/mol. The van der Waals surface area contributed by atoms with Crippen molar-refractivity contribution >= 4 is 22.4 Å². The van der Waals surface area contributed by atoms with Gasteiger partial charge in [0.05, 0.1) is 25.6 Å². The van der Waals surface area contributed by atoms with E-state index in [1.165, 1.54) is 0 Å². The van der Waals surface area contributed by atoms with Crippen LogP contribution in [0.2, 0.25) is 0 Å². The molecule has 0 saturated carbocycles. The first-order valence-corrected chi connectivity index (χ1v) is 8.07. The van der Waals surface area contributed by atoms with E-state index in [0.29, 0.717) is 34.1 Å². The van der Waals surface area contributed by atoms with Gasteiger partial charge >= 0.3 is 0 Å². The van der Waals surface area contributed by atoms with Crippen molar-refractivity contribution in [2.24, 2.45) is 0 Å². The van der Waals surface area contributed by atoms with E-state index in [-0.39, 0.29) is 0 Å². The number of pyridine rings is 1. The molecule has 114 valence electrons. The maximum absolute atomic E-state index is 12.2. The largest absolute Gasteiger partial charge is 0.593 e. The average Bonchev–Trinajstić information content (AvgIpc) is 2.94. The zero-order valence-electron chi connectivity index (χ0n) is 12.4. The molecule has 0 bridgehead atoms. The third-order valence-electron chi connectivity index (χ3n) is 3.28. The van der Waals surface area contributed by atoms with Crippen LogP contribution in [0, 0.1) is 0 Å². The van der Waals surface area contributed by atoms with E-state index >= 15 is 0 Å². The Morgan fingerprint density at radius 3 is 2.55 bits per heavy atom. The van der Waals surface area contributed by atoms with Crippen molar-refractivity contribution in [3.05, 3.63) is 36.5 Å². The molecular formula is C15H15N3O3S. The Morgan fingerprint density at radius 2 is 1.95 bits per heavy atom. The summed E-state index contributed by atoms with van der Waals surface area (Å²) in [6.07, 6.45) is 3.28. The van der Waals surface area contributed by atoms with Crippen LogP contribution in [-0.2, 0) is 11.4 Å². The summed E-state index contributed by atoms with van der Waals surface area (Å²) >= 11 is -1.29. The van der Waals surface area contributed by atoms with Gasteiger partial charge in [-0.1, -0.05) is 6.07 Å². The summed E-state index contributed by atoms with van der Waals surface area (Å²) in [4.78, 5) is 8.88. The molecule has 7 heteroatoms. The van der Waals surface area contributed by atoms with Gasteiger partial charge in [-0.2, -0.15) is 0 Å². The van der Waals surface area contributed by atoms with Crippen LogP contribution in [0.4, 0.5) is 0 Å². The van der Waals surface area contributed by atoms with E-state index in [9.17, 15) is 4.55 Å². The normalized spacial score (nSPS) is 12.4. The Kier molecular flexibility index (Phi) is 3.91. The van der Waals surface area contributed by atoms with Gasteiger partial charge in [-0.15, -0.1) is 3.97 Å². The number of rotatable bonds is 4. The minimum atomic E-state index is -1.29. The highest BCUT2D eigenvalue weighted by Crippen LogP contribution is 2.37. The molecule has 0 fully saturated rings. The Balaban J connectivity index is 2.36. The minimum absolute atomic E-state index is 0.515. The van der Waals surface area contributed by atoms with Crippen LogP contribution < -0.4 is 9.47 Å². The van der Waals surface area contributed by atoms with Gasteiger partial charge in [0.2, 0.25) is 5.82 Å². The fourth-order valence-electron chi connectivity index (χ4n) is 2.35. The number of hydrogen-bond donors (Lipinski definition) is 0. The van der Waals surface area contributed by atoms with Crippen molar-refractivity contribution < 1.29 is 14.0 Å². The molecule has 0 spiro atoms. The second-order valence-electron chi connectivity index (χ2n) is 4.54. The molecule has 22 heavy (non-hydrogen) atoms. The molecule has 1 aromatic carbocycles. The van der Waals surface area contributed by atoms with Gasteiger partial charge < -0.3 is 14.0 Å². The maximum Gasteiger partial charge on any atom is 0.206 e. The first-order valence-electron chi connectivity index (χ1n) is 6.56. The van der Waals surface area contributed by atoms with Gasteiger partial charge in [0.15, 0.2) is 11.5 Å². The first kappa shape index (κ1) is 14.7. The second kappa shape index (κ2) is 5.86. The Hall–Kier alpha value is -2.25. The quantitative estimate of drug-likeness (QED) is 0.690. The number of ether oxygens (including phenoxy) is 2. The highest BCUT2D eigenvalue weighted by molar-refractivity contribution is 7.89. The van der Waals surface area contributed by atoms with E-state index in [1.54, 1.807) is 36.7 Å². The van der Waals surface area contributed by atoms with E-state index in [0.717, 1.165) is 0 Å². The highest BCUT2D eigenvalue weighted by Gasteiger charge is 2.23. The molecule has 2 heterocycles. The third-order valence-corrected chi connectivity index (χ3v) is 4.16. The van der Waals surface area contributed by atoms with Crippen molar-refractivity contribution in [1.29, 1.82) is 0 Å². The van der Waals surface area contributed by atoms with Gasteiger partial charge in [0, 0.05) is 6.20 Å². The molecule has 0 amide bonds. The summed E-state index contributed by atoms with van der Waals surface area (Å²) in [5, 5.41) is 0. The lowest BCUT2D eigenvalue weighted by atomic mass is 10.2. The third kappa shape index (κ3) is 2.28. The van der Waals surface area contributed by atoms with Crippen LogP contribution in [0.15, 0.2) is 36.5 Å². The molecule has 0 aliphatic heterocycles. The zero-order valence-corrected chi connectivity index (χ0v) is 13.3. The number of imidazole rings is 1. The van der Waals surface area contributed by atoms with Gasteiger partial charge in [-0.25, -0.2) is 4.98 Å². The van der Waals surface area contributed by atoms with Crippen LogP contribution in [-0.4, -0.2) is 39.0 Å². The van der Waals surface area contributed by atoms with Gasteiger partial charge in [-0.3, -0.25) is 4.98 Å². The molecule has 0 aliphatic carbocycles. The Morgan fingerprint density at radius 1 is 1.14 bits per heavy atom. The number of methoxy groups -OCH3 is 2. The van der Waals surface area contributed by atoms with Crippen molar-refractivity contribution in [2.75, 3.05) is 20.5 Å². The SMILES string of the molecule is COc1ccc2c(nc(-c3ccccn3)n2[S+](C)[O-])c1OC. The van der Waals surface area contributed by atoms with Gasteiger partial charge in [0.25, 0.3) is 0 Å². The lowest BCUT2D eigenvalue weighted by molar-refractivity contribution is 0.358. The fraction of sp³-hybridized carbons (Fsp3) is 0.200. The number of nitrogens with zero attached hydrogens (tertiary/aromatic N) is 3. The summed E-state index contributed by atoms with van der Waals surface area (Å²) in [7, 11) is 3.12. The smallest absolute Gasteiger partial charge is 0.206 e. The summed E-state index contributed by atoms with van der Waals surface area (Å²) in [5.74, 6) is 1.62. The molecule has 1 unspecified atom stereocenters. The fourth-order valence-corrected chi connectivity index (χ4v) is 3.16. The molecule has 0 N–H and O–H groups in total. The minimum Gasteiger partial charge on any atom is -0.593 e. The topological polar surface area (TPSA) is 72.2 Å². The predicted octanol–water partition coefficient (Wildman–Crippen LogP) is 2.26. The molecule has 6 nitrogen and oxygen atoms in total. The van der Waals surface area contributed by atoms with Crippen LogP contribution in [0.1, 0.15) is 0 Å². The molecule has 3 rings (SSSR count). The molecule has 0 radical (unpaired) electrons. The van der Waals surface area contributed by atoms with Crippen LogP contribution >= 0.6 is 0 Å². The van der Waals surface area contributed by atoms with Crippen LogP contribution in [0.3, 0.4) is 0 Å². The number of benzene rings is 1. The number of fused-ring (bicyclic) bond motifs is 1. The predicted molar refractivity (Wildman–Crippen MR) is 85.5 cm³/mol.